The lowest BCUT2D eigenvalue weighted by atomic mass is 10.2. The number of aromatic nitrogens is 1. The fourth-order valence-electron chi connectivity index (χ4n) is 2.79. The van der Waals surface area contributed by atoms with Gasteiger partial charge in [0, 0.05) is 35.9 Å². The molecule has 0 atom stereocenters. The van der Waals surface area contributed by atoms with Crippen LogP contribution in [0.1, 0.15) is 30.8 Å². The highest BCUT2D eigenvalue weighted by Gasteiger charge is 2.10. The molecular weight excluding hydrogens is 248 g/mol. The number of rotatable bonds is 5. The van der Waals surface area contributed by atoms with Crippen molar-refractivity contribution in [2.24, 2.45) is 0 Å². The Balaban J connectivity index is 2.37. The Hall–Kier alpha value is -1.74. The molecule has 0 fully saturated rings. The third-order valence-corrected chi connectivity index (χ3v) is 3.94. The van der Waals surface area contributed by atoms with Crippen LogP contribution >= 0.6 is 0 Å². The molecule has 3 nitrogen and oxygen atoms in total. The smallest absolute Gasteiger partial charge is 0.0699 e. The van der Waals surface area contributed by atoms with Gasteiger partial charge in [-0.2, -0.15) is 0 Å². The lowest BCUT2D eigenvalue weighted by Gasteiger charge is -2.21. The van der Waals surface area contributed by atoms with Crippen molar-refractivity contribution < 1.29 is 5.11 Å². The van der Waals surface area contributed by atoms with Gasteiger partial charge in [-0.05, 0) is 63.6 Å². The van der Waals surface area contributed by atoms with E-state index in [4.69, 9.17) is 0 Å². The van der Waals surface area contributed by atoms with E-state index >= 15 is 0 Å². The largest absolute Gasteiger partial charge is 0.392 e. The quantitative estimate of drug-likeness (QED) is 0.903. The molecule has 0 unspecified atom stereocenters. The predicted molar refractivity (Wildman–Crippen MR) is 84.7 cm³/mol. The first-order chi connectivity index (χ1) is 9.62. The van der Waals surface area contributed by atoms with Gasteiger partial charge < -0.3 is 14.6 Å². The van der Waals surface area contributed by atoms with Crippen molar-refractivity contribution in [3.8, 4) is 5.69 Å². The Kier molecular flexibility index (Phi) is 4.50. The lowest BCUT2D eigenvalue weighted by Crippen LogP contribution is -2.21. The van der Waals surface area contributed by atoms with Gasteiger partial charge in [0.25, 0.3) is 0 Å². The summed E-state index contributed by atoms with van der Waals surface area (Å²) in [5.74, 6) is 0. The zero-order chi connectivity index (χ0) is 14.7. The first-order valence-corrected chi connectivity index (χ1v) is 7.26. The molecule has 108 valence electrons. The fraction of sp³-hybridized carbons (Fsp3) is 0.412. The van der Waals surface area contributed by atoms with Crippen molar-refractivity contribution in [3.05, 3.63) is 47.3 Å². The molecule has 0 radical (unpaired) electrons. The summed E-state index contributed by atoms with van der Waals surface area (Å²) in [6, 6.07) is 10.7. The van der Waals surface area contributed by atoms with E-state index in [1.54, 1.807) is 0 Å². The summed E-state index contributed by atoms with van der Waals surface area (Å²) in [6.07, 6.45) is 0. The molecule has 0 aliphatic rings. The van der Waals surface area contributed by atoms with E-state index in [0.717, 1.165) is 35.7 Å². The minimum Gasteiger partial charge on any atom is -0.392 e. The van der Waals surface area contributed by atoms with E-state index in [9.17, 15) is 5.11 Å². The zero-order valence-electron chi connectivity index (χ0n) is 12.8. The summed E-state index contributed by atoms with van der Waals surface area (Å²) >= 11 is 0. The second-order valence-corrected chi connectivity index (χ2v) is 5.08. The van der Waals surface area contributed by atoms with Gasteiger partial charge in [0.05, 0.1) is 6.61 Å². The summed E-state index contributed by atoms with van der Waals surface area (Å²) in [4.78, 5) is 2.33. The predicted octanol–water partition coefficient (Wildman–Crippen LogP) is 3.43. The Labute approximate surface area is 121 Å². The van der Waals surface area contributed by atoms with Crippen molar-refractivity contribution in [2.45, 2.75) is 34.3 Å². The van der Waals surface area contributed by atoms with Crippen LogP contribution in [0.2, 0.25) is 0 Å². The SMILES string of the molecule is CCN(CC)c1ccc(-n2c(C)cc(CO)c2C)cc1. The normalized spacial score (nSPS) is 10.8. The van der Waals surface area contributed by atoms with E-state index < -0.39 is 0 Å². The van der Waals surface area contributed by atoms with E-state index in [1.807, 2.05) is 6.07 Å². The number of hydrogen-bond acceptors (Lipinski definition) is 2. The van der Waals surface area contributed by atoms with E-state index in [0.29, 0.717) is 0 Å². The van der Waals surface area contributed by atoms with Crippen LogP contribution in [0.15, 0.2) is 30.3 Å². The number of aryl methyl sites for hydroxylation is 1. The molecule has 3 heteroatoms. The average Bonchev–Trinajstić information content (AvgIpc) is 2.75. The molecule has 0 saturated carbocycles. The maximum absolute atomic E-state index is 9.36. The summed E-state index contributed by atoms with van der Waals surface area (Å²) in [5.41, 5.74) is 5.66. The summed E-state index contributed by atoms with van der Waals surface area (Å²) in [6.45, 7) is 10.6. The minimum atomic E-state index is 0.0944. The molecule has 1 aromatic carbocycles. The number of aliphatic hydroxyl groups is 1. The van der Waals surface area contributed by atoms with E-state index in [1.165, 1.54) is 5.69 Å². The highest BCUT2D eigenvalue weighted by molar-refractivity contribution is 5.52. The maximum Gasteiger partial charge on any atom is 0.0699 e. The molecule has 0 saturated heterocycles. The number of nitrogens with zero attached hydrogens (tertiary/aromatic N) is 2. The minimum absolute atomic E-state index is 0.0944. The van der Waals surface area contributed by atoms with E-state index in [-0.39, 0.29) is 6.61 Å². The third-order valence-electron chi connectivity index (χ3n) is 3.94. The van der Waals surface area contributed by atoms with Gasteiger partial charge in [-0.25, -0.2) is 0 Å². The monoisotopic (exact) mass is 272 g/mol. The van der Waals surface area contributed by atoms with Gasteiger partial charge in [-0.3, -0.25) is 0 Å². The number of aliphatic hydroxyl groups excluding tert-OH is 1. The Morgan fingerprint density at radius 3 is 2.10 bits per heavy atom. The molecule has 0 spiro atoms. The Morgan fingerprint density at radius 2 is 1.65 bits per heavy atom. The lowest BCUT2D eigenvalue weighted by molar-refractivity contribution is 0.281. The third kappa shape index (κ3) is 2.59. The van der Waals surface area contributed by atoms with Crippen molar-refractivity contribution in [1.82, 2.24) is 4.57 Å². The zero-order valence-corrected chi connectivity index (χ0v) is 12.8. The first kappa shape index (κ1) is 14.7. The molecule has 1 N–H and O–H groups in total. The van der Waals surface area contributed by atoms with E-state index in [2.05, 4.69) is 61.4 Å². The second-order valence-electron chi connectivity index (χ2n) is 5.08. The molecule has 0 aliphatic heterocycles. The Bertz CT molecular complexity index is 565. The summed E-state index contributed by atoms with van der Waals surface area (Å²) in [5, 5.41) is 9.36. The van der Waals surface area contributed by atoms with Crippen molar-refractivity contribution >= 4 is 5.69 Å². The molecule has 20 heavy (non-hydrogen) atoms. The number of hydrogen-bond donors (Lipinski definition) is 1. The van der Waals surface area contributed by atoms with Crippen molar-refractivity contribution in [3.63, 3.8) is 0 Å². The molecule has 1 heterocycles. The second kappa shape index (κ2) is 6.14. The van der Waals surface area contributed by atoms with Crippen LogP contribution in [-0.2, 0) is 6.61 Å². The van der Waals surface area contributed by atoms with Gasteiger partial charge in [0.2, 0.25) is 0 Å². The van der Waals surface area contributed by atoms with Gasteiger partial charge in [0.15, 0.2) is 0 Å². The molecular formula is C17H24N2O. The molecule has 1 aromatic heterocycles. The molecule has 0 bridgehead atoms. The van der Waals surface area contributed by atoms with Crippen LogP contribution < -0.4 is 4.90 Å². The van der Waals surface area contributed by atoms with Crippen LogP contribution in [0.4, 0.5) is 5.69 Å². The highest BCUT2D eigenvalue weighted by atomic mass is 16.3. The molecule has 0 amide bonds. The van der Waals surface area contributed by atoms with Gasteiger partial charge in [-0.1, -0.05) is 0 Å². The topological polar surface area (TPSA) is 28.4 Å². The van der Waals surface area contributed by atoms with Crippen LogP contribution in [-0.4, -0.2) is 22.8 Å². The standard InChI is InChI=1S/C17H24N2O/c1-5-18(6-2)16-7-9-17(10-8-16)19-13(3)11-15(12-20)14(19)4/h7-11,20H,5-6,12H2,1-4H3. The maximum atomic E-state index is 9.36. The number of benzene rings is 1. The van der Waals surface area contributed by atoms with Crippen molar-refractivity contribution in [2.75, 3.05) is 18.0 Å². The van der Waals surface area contributed by atoms with Crippen LogP contribution in [0, 0.1) is 13.8 Å². The van der Waals surface area contributed by atoms with Gasteiger partial charge in [0.1, 0.15) is 0 Å². The van der Waals surface area contributed by atoms with Crippen LogP contribution in [0.3, 0.4) is 0 Å². The molecule has 2 aromatic rings. The summed E-state index contributed by atoms with van der Waals surface area (Å²) < 4.78 is 2.19. The summed E-state index contributed by atoms with van der Waals surface area (Å²) in [7, 11) is 0. The van der Waals surface area contributed by atoms with Crippen molar-refractivity contribution in [1.29, 1.82) is 0 Å². The van der Waals surface area contributed by atoms with Crippen LogP contribution in [0.5, 0.6) is 0 Å². The molecule has 0 aliphatic carbocycles. The highest BCUT2D eigenvalue weighted by Crippen LogP contribution is 2.23. The van der Waals surface area contributed by atoms with Gasteiger partial charge >= 0.3 is 0 Å². The van der Waals surface area contributed by atoms with Crippen LogP contribution in [0.25, 0.3) is 5.69 Å². The Morgan fingerprint density at radius 1 is 1.05 bits per heavy atom. The number of anilines is 1. The first-order valence-electron chi connectivity index (χ1n) is 7.26. The molecule has 2 rings (SSSR count). The average molecular weight is 272 g/mol. The fourth-order valence-corrected chi connectivity index (χ4v) is 2.79. The van der Waals surface area contributed by atoms with Gasteiger partial charge in [-0.15, -0.1) is 0 Å².